The molecule has 4 N–H and O–H groups in total. The average Bonchev–Trinajstić information content (AvgIpc) is 3.39. The molecule has 3 amide bonds. The zero-order chi connectivity index (χ0) is 37.8. The molecule has 2 aromatic carbocycles. The highest BCUT2D eigenvalue weighted by Gasteiger charge is 2.29. The highest BCUT2D eigenvalue weighted by Crippen LogP contribution is 2.44. The maximum absolute atomic E-state index is 13.3. The summed E-state index contributed by atoms with van der Waals surface area (Å²) in [5.41, 5.74) is 10.4. The van der Waals surface area contributed by atoms with Crippen LogP contribution < -0.4 is 21.9 Å². The van der Waals surface area contributed by atoms with Crippen molar-refractivity contribution < 1.29 is 33.8 Å². The van der Waals surface area contributed by atoms with Gasteiger partial charge in [-0.3, -0.25) is 23.9 Å². The lowest BCUT2D eigenvalue weighted by Crippen LogP contribution is -2.49. The number of benzene rings is 2. The van der Waals surface area contributed by atoms with Gasteiger partial charge in [0, 0.05) is 41.7 Å². The van der Waals surface area contributed by atoms with Gasteiger partial charge in [-0.05, 0) is 67.8 Å². The number of aliphatic carboxylic acids is 1. The molecule has 4 rings (SSSR count). The number of fused-ring (bicyclic) bond motifs is 3. The van der Waals surface area contributed by atoms with E-state index in [4.69, 9.17) is 15.0 Å². The van der Waals surface area contributed by atoms with E-state index in [1.807, 2.05) is 41.4 Å². The Bertz CT molecular complexity index is 1900. The van der Waals surface area contributed by atoms with Crippen molar-refractivity contribution in [2.75, 3.05) is 26.2 Å². The minimum Gasteiger partial charge on any atom is -0.480 e. The lowest BCUT2D eigenvalue weighted by molar-refractivity contribution is -0.145. The molecule has 0 saturated carbocycles. The molecule has 52 heavy (non-hydrogen) atoms. The van der Waals surface area contributed by atoms with Gasteiger partial charge in [-0.15, -0.1) is 0 Å². The molecule has 17 heteroatoms. The second-order valence-electron chi connectivity index (χ2n) is 13.2. The third kappa shape index (κ3) is 11.0. The summed E-state index contributed by atoms with van der Waals surface area (Å²) in [7, 11) is 0. The highest BCUT2D eigenvalue weighted by atomic mass is 16.6. The summed E-state index contributed by atoms with van der Waals surface area (Å²) in [6, 6.07) is 15.2. The van der Waals surface area contributed by atoms with Gasteiger partial charge in [0.2, 0.25) is 5.91 Å². The van der Waals surface area contributed by atoms with E-state index in [0.717, 1.165) is 37.9 Å². The summed E-state index contributed by atoms with van der Waals surface area (Å²) in [5.74, 6) is -2.22. The number of aromatic nitrogens is 2. The third-order valence-corrected chi connectivity index (χ3v) is 8.13. The molecule has 276 valence electrons. The van der Waals surface area contributed by atoms with Crippen molar-refractivity contribution in [3.63, 3.8) is 0 Å². The van der Waals surface area contributed by atoms with Crippen molar-refractivity contribution >= 4 is 24.1 Å². The molecule has 1 atom stereocenters. The Labute approximate surface area is 298 Å². The predicted molar refractivity (Wildman–Crippen MR) is 188 cm³/mol. The zero-order valence-corrected chi connectivity index (χ0v) is 29.2. The van der Waals surface area contributed by atoms with E-state index in [0.29, 0.717) is 12.8 Å². The molecular formula is C35H42N8O9. The molecule has 1 aromatic heterocycles. The summed E-state index contributed by atoms with van der Waals surface area (Å²) in [5, 5.41) is 18.3. The van der Waals surface area contributed by atoms with Crippen LogP contribution in [0.25, 0.3) is 21.6 Å². The van der Waals surface area contributed by atoms with Crippen LogP contribution in [-0.4, -0.2) is 81.5 Å². The quantitative estimate of drug-likeness (QED) is 0.0727. The van der Waals surface area contributed by atoms with Crippen molar-refractivity contribution in [1.29, 1.82) is 0 Å². The van der Waals surface area contributed by atoms with E-state index < -0.39 is 60.0 Å². The molecule has 0 aliphatic heterocycles. The topological polar surface area (TPSA) is 238 Å². The highest BCUT2D eigenvalue weighted by molar-refractivity contribution is 5.81. The number of hydrogen-bond donors (Lipinski definition) is 4. The summed E-state index contributed by atoms with van der Waals surface area (Å²) in [6.07, 6.45) is 0.877. The minimum atomic E-state index is -1.34. The number of carboxylic acid groups (broad SMARTS) is 1. The first kappa shape index (κ1) is 38.7. The van der Waals surface area contributed by atoms with Gasteiger partial charge in [0.05, 0.1) is 6.54 Å². The Hall–Kier alpha value is -6.09. The number of alkyl carbamates (subject to hydrolysis) is 2. The van der Waals surface area contributed by atoms with Crippen molar-refractivity contribution in [3.8, 4) is 11.1 Å². The van der Waals surface area contributed by atoms with Crippen molar-refractivity contribution in [1.82, 2.24) is 25.1 Å². The van der Waals surface area contributed by atoms with Crippen molar-refractivity contribution in [2.45, 2.75) is 70.7 Å². The number of carbonyl (C=O) groups excluding carboxylic acids is 3. The van der Waals surface area contributed by atoms with E-state index >= 15 is 0 Å². The maximum atomic E-state index is 13.3. The molecule has 0 bridgehead atoms. The Morgan fingerprint density at radius 1 is 1.04 bits per heavy atom. The first-order valence-corrected chi connectivity index (χ1v) is 16.7. The van der Waals surface area contributed by atoms with Crippen LogP contribution in [0.15, 0.2) is 69.4 Å². The lowest BCUT2D eigenvalue weighted by Gasteiger charge is -2.28. The number of azide groups is 1. The van der Waals surface area contributed by atoms with Gasteiger partial charge in [-0.2, -0.15) is 0 Å². The molecule has 3 aromatic rings. The summed E-state index contributed by atoms with van der Waals surface area (Å²) in [4.78, 5) is 80.4. The second-order valence-corrected chi connectivity index (χ2v) is 13.2. The first-order valence-electron chi connectivity index (χ1n) is 16.7. The number of carboxylic acids is 1. The second kappa shape index (κ2) is 17.7. The molecule has 1 heterocycles. The number of H-pyrrole nitrogens is 1. The first-order chi connectivity index (χ1) is 24.8. The third-order valence-electron chi connectivity index (χ3n) is 8.13. The number of aromatic amines is 1. The zero-order valence-electron chi connectivity index (χ0n) is 29.2. The lowest BCUT2D eigenvalue weighted by atomic mass is 9.98. The Morgan fingerprint density at radius 3 is 2.31 bits per heavy atom. The summed E-state index contributed by atoms with van der Waals surface area (Å²) < 4.78 is 11.8. The molecule has 0 fully saturated rings. The van der Waals surface area contributed by atoms with E-state index in [9.17, 15) is 33.9 Å². The number of hydrogen-bond acceptors (Lipinski definition) is 9. The van der Waals surface area contributed by atoms with Gasteiger partial charge >= 0.3 is 23.8 Å². The summed E-state index contributed by atoms with van der Waals surface area (Å²) >= 11 is 0. The molecule has 17 nitrogen and oxygen atoms in total. The van der Waals surface area contributed by atoms with Gasteiger partial charge in [0.25, 0.3) is 5.56 Å². The fraction of sp³-hybridized carbons (Fsp3) is 0.429. The SMILES string of the molecule is CC(C)(C)OC(=O)N[C@@H](CCCCNC(=O)OCC1c2ccccc2-c2ccccc21)CN(CC(=O)O)C(=O)Cn1cc(CN=[N+]=[N-])c(=O)[nH]c1=O. The average molecular weight is 719 g/mol. The van der Waals surface area contributed by atoms with E-state index in [1.54, 1.807) is 20.8 Å². The normalized spacial score (nSPS) is 12.4. The molecule has 0 unspecified atom stereocenters. The number of amides is 3. The molecule has 0 radical (unpaired) electrons. The predicted octanol–water partition coefficient (Wildman–Crippen LogP) is 3.86. The number of ether oxygens (including phenoxy) is 2. The standard InChI is InChI=1S/C35H42N8O9/c1-35(2,3)52-34(50)39-23(18-42(20-30(45)46)29(44)19-43-17-22(16-38-41-36)31(47)40-32(43)48)10-8-9-15-37-33(49)51-21-28-26-13-6-4-11-24(26)25-12-5-7-14-27(25)28/h4-7,11-14,17,23,28H,8-10,15-16,18-21H2,1-3H3,(H,37,49)(H,39,50)(H,45,46)(H,40,47,48)/t23-/m0/s1. The van der Waals surface area contributed by atoms with Gasteiger partial charge in [-0.1, -0.05) is 53.6 Å². The van der Waals surface area contributed by atoms with E-state index in [1.165, 1.54) is 0 Å². The van der Waals surface area contributed by atoms with Crippen LogP contribution in [0.1, 0.15) is 62.6 Å². The molecular weight excluding hydrogens is 676 g/mol. The molecule has 0 saturated heterocycles. The van der Waals surface area contributed by atoms with Crippen LogP contribution in [0, 0.1) is 0 Å². The van der Waals surface area contributed by atoms with Crippen molar-refractivity contribution in [3.05, 3.63) is 103 Å². The fourth-order valence-corrected chi connectivity index (χ4v) is 5.86. The van der Waals surface area contributed by atoms with Crippen molar-refractivity contribution in [2.24, 2.45) is 5.11 Å². The van der Waals surface area contributed by atoms with Gasteiger partial charge in [0.15, 0.2) is 0 Å². The van der Waals surface area contributed by atoms with Crippen LogP contribution in [0.5, 0.6) is 0 Å². The Morgan fingerprint density at radius 2 is 1.69 bits per heavy atom. The number of carbonyl (C=O) groups is 4. The van der Waals surface area contributed by atoms with E-state index in [2.05, 4.69) is 32.8 Å². The Kier molecular flexibility index (Phi) is 13.2. The van der Waals surface area contributed by atoms with Gasteiger partial charge in [0.1, 0.15) is 25.3 Å². The molecule has 1 aliphatic rings. The number of rotatable bonds is 16. The monoisotopic (exact) mass is 718 g/mol. The molecule has 0 spiro atoms. The van der Waals surface area contributed by atoms with Crippen LogP contribution in [-0.2, 0) is 32.2 Å². The van der Waals surface area contributed by atoms with Crippen LogP contribution in [0.4, 0.5) is 9.59 Å². The summed E-state index contributed by atoms with van der Waals surface area (Å²) in [6.45, 7) is 3.41. The van der Waals surface area contributed by atoms with Gasteiger partial charge in [-0.25, -0.2) is 14.4 Å². The van der Waals surface area contributed by atoms with Crippen LogP contribution >= 0.6 is 0 Å². The number of nitrogens with zero attached hydrogens (tertiary/aromatic N) is 5. The van der Waals surface area contributed by atoms with Crippen LogP contribution in [0.2, 0.25) is 0 Å². The van der Waals surface area contributed by atoms with Crippen LogP contribution in [0.3, 0.4) is 0 Å². The number of unbranched alkanes of at least 4 members (excludes halogenated alkanes) is 1. The smallest absolute Gasteiger partial charge is 0.407 e. The molecule has 1 aliphatic carbocycles. The van der Waals surface area contributed by atoms with E-state index in [-0.39, 0.29) is 44.1 Å². The van der Waals surface area contributed by atoms with Gasteiger partial charge < -0.3 is 30.1 Å². The maximum Gasteiger partial charge on any atom is 0.407 e. The number of nitrogens with one attached hydrogen (secondary N) is 3. The largest absolute Gasteiger partial charge is 0.480 e. The fourth-order valence-electron chi connectivity index (χ4n) is 5.86. The minimum absolute atomic E-state index is 0.0776. The Balaban J connectivity index is 1.35.